The van der Waals surface area contributed by atoms with Crippen molar-refractivity contribution in [3.63, 3.8) is 0 Å². The van der Waals surface area contributed by atoms with E-state index in [1.807, 2.05) is 13.0 Å². The van der Waals surface area contributed by atoms with Crippen LogP contribution in [0.5, 0.6) is 0 Å². The zero-order valence-corrected chi connectivity index (χ0v) is 20.4. The molecule has 0 radical (unpaired) electrons. The van der Waals surface area contributed by atoms with Crippen LogP contribution in [-0.2, 0) is 24.8 Å². The summed E-state index contributed by atoms with van der Waals surface area (Å²) in [7, 11) is 1.73. The predicted molar refractivity (Wildman–Crippen MR) is 131 cm³/mol. The molecular formula is C25H36N4O2S. The van der Waals surface area contributed by atoms with E-state index in [0.29, 0.717) is 11.6 Å². The standard InChI is InChI=1S/C25H36N4O2S/c1-4-6-12-22(32-25-27-20(5-2)17-23(30)28(25)3)24(31)26-21-13-15-29(16-14-21)18-19-10-8-7-9-11-19/h7-11,17,21-22H,4-6,12-16,18H2,1-3H3,(H,26,31). The van der Waals surface area contributed by atoms with Crippen LogP contribution in [0.15, 0.2) is 46.3 Å². The molecule has 1 fully saturated rings. The van der Waals surface area contributed by atoms with Crippen molar-refractivity contribution in [3.8, 4) is 0 Å². The molecule has 1 aromatic carbocycles. The van der Waals surface area contributed by atoms with E-state index in [9.17, 15) is 9.59 Å². The van der Waals surface area contributed by atoms with Gasteiger partial charge in [0.05, 0.1) is 5.25 Å². The second kappa shape index (κ2) is 12.2. The zero-order valence-electron chi connectivity index (χ0n) is 19.5. The first-order valence-electron chi connectivity index (χ1n) is 11.8. The summed E-state index contributed by atoms with van der Waals surface area (Å²) in [6.07, 6.45) is 5.42. The van der Waals surface area contributed by atoms with Crippen molar-refractivity contribution in [1.82, 2.24) is 19.8 Å². The Morgan fingerprint density at radius 3 is 2.59 bits per heavy atom. The Balaban J connectivity index is 1.58. The Kier molecular flexibility index (Phi) is 9.36. The molecule has 1 unspecified atom stereocenters. The van der Waals surface area contributed by atoms with Gasteiger partial charge in [-0.15, -0.1) is 0 Å². The molecule has 0 spiro atoms. The number of rotatable bonds is 10. The zero-order chi connectivity index (χ0) is 22.9. The van der Waals surface area contributed by atoms with E-state index in [1.54, 1.807) is 17.7 Å². The van der Waals surface area contributed by atoms with E-state index in [1.165, 1.54) is 17.3 Å². The van der Waals surface area contributed by atoms with Crippen LogP contribution in [0, 0.1) is 0 Å². The molecule has 1 aliphatic rings. The van der Waals surface area contributed by atoms with Gasteiger partial charge in [-0.25, -0.2) is 4.98 Å². The molecule has 6 nitrogen and oxygen atoms in total. The summed E-state index contributed by atoms with van der Waals surface area (Å²) in [5.74, 6) is 0.0705. The molecule has 174 valence electrons. The van der Waals surface area contributed by atoms with E-state index >= 15 is 0 Å². The van der Waals surface area contributed by atoms with Gasteiger partial charge in [-0.1, -0.05) is 68.8 Å². The molecular weight excluding hydrogens is 420 g/mol. The highest BCUT2D eigenvalue weighted by Gasteiger charge is 2.26. The first-order valence-corrected chi connectivity index (χ1v) is 12.7. The Morgan fingerprint density at radius 2 is 1.94 bits per heavy atom. The van der Waals surface area contributed by atoms with Gasteiger partial charge in [0.2, 0.25) is 5.91 Å². The third-order valence-corrected chi connectivity index (χ3v) is 7.36. The molecule has 0 aliphatic carbocycles. The molecule has 0 bridgehead atoms. The highest BCUT2D eigenvalue weighted by Crippen LogP contribution is 2.25. The van der Waals surface area contributed by atoms with Crippen LogP contribution in [-0.4, -0.2) is 44.7 Å². The van der Waals surface area contributed by atoms with Gasteiger partial charge in [-0.05, 0) is 31.2 Å². The quantitative estimate of drug-likeness (QED) is 0.435. The molecule has 1 atom stereocenters. The van der Waals surface area contributed by atoms with Crippen molar-refractivity contribution in [2.24, 2.45) is 7.05 Å². The topological polar surface area (TPSA) is 67.2 Å². The lowest BCUT2D eigenvalue weighted by Crippen LogP contribution is -2.46. The third kappa shape index (κ3) is 6.94. The minimum atomic E-state index is -0.234. The average molecular weight is 457 g/mol. The molecule has 0 saturated carbocycles. The van der Waals surface area contributed by atoms with Crippen LogP contribution >= 0.6 is 11.8 Å². The van der Waals surface area contributed by atoms with E-state index < -0.39 is 0 Å². The van der Waals surface area contributed by atoms with Gasteiger partial charge in [-0.3, -0.25) is 19.1 Å². The Hall–Kier alpha value is -2.12. The van der Waals surface area contributed by atoms with Crippen molar-refractivity contribution >= 4 is 17.7 Å². The van der Waals surface area contributed by atoms with Gasteiger partial charge < -0.3 is 5.32 Å². The molecule has 7 heteroatoms. The Labute approximate surface area is 195 Å². The number of nitrogens with zero attached hydrogens (tertiary/aromatic N) is 3. The Bertz CT molecular complexity index is 923. The van der Waals surface area contributed by atoms with Crippen LogP contribution in [0.3, 0.4) is 0 Å². The van der Waals surface area contributed by atoms with Crippen molar-refractivity contribution < 1.29 is 4.79 Å². The number of aryl methyl sites for hydroxylation is 1. The molecule has 1 aliphatic heterocycles. The summed E-state index contributed by atoms with van der Waals surface area (Å²) in [4.78, 5) is 32.5. The first kappa shape index (κ1) is 24.5. The van der Waals surface area contributed by atoms with Crippen LogP contribution < -0.4 is 10.9 Å². The monoisotopic (exact) mass is 456 g/mol. The SMILES string of the molecule is CCCCC(Sc1nc(CC)cc(=O)n1C)C(=O)NC1CCN(Cc2ccccc2)CC1. The number of likely N-dealkylation sites (tertiary alicyclic amines) is 1. The molecule has 2 heterocycles. The summed E-state index contributed by atoms with van der Waals surface area (Å²) < 4.78 is 1.55. The summed E-state index contributed by atoms with van der Waals surface area (Å²) in [5.41, 5.74) is 2.04. The van der Waals surface area contributed by atoms with E-state index in [0.717, 1.165) is 57.4 Å². The van der Waals surface area contributed by atoms with Crippen molar-refractivity contribution in [2.45, 2.75) is 75.4 Å². The number of hydrogen-bond donors (Lipinski definition) is 1. The second-order valence-electron chi connectivity index (χ2n) is 8.57. The highest BCUT2D eigenvalue weighted by atomic mass is 32.2. The predicted octanol–water partition coefficient (Wildman–Crippen LogP) is 3.77. The summed E-state index contributed by atoms with van der Waals surface area (Å²) in [5, 5.41) is 3.69. The van der Waals surface area contributed by atoms with Gasteiger partial charge in [0, 0.05) is 44.5 Å². The lowest BCUT2D eigenvalue weighted by Gasteiger charge is -2.33. The maximum atomic E-state index is 13.2. The highest BCUT2D eigenvalue weighted by molar-refractivity contribution is 8.00. The lowest BCUT2D eigenvalue weighted by molar-refractivity contribution is -0.121. The summed E-state index contributed by atoms with van der Waals surface area (Å²) in [6, 6.07) is 12.3. The number of carbonyl (C=O) groups is 1. The Morgan fingerprint density at radius 1 is 1.22 bits per heavy atom. The van der Waals surface area contributed by atoms with Crippen LogP contribution in [0.4, 0.5) is 0 Å². The van der Waals surface area contributed by atoms with Gasteiger partial charge in [0.25, 0.3) is 5.56 Å². The minimum absolute atomic E-state index is 0.0696. The van der Waals surface area contributed by atoms with Crippen LogP contribution in [0.2, 0.25) is 0 Å². The largest absolute Gasteiger partial charge is 0.352 e. The average Bonchev–Trinajstić information content (AvgIpc) is 2.81. The number of thioether (sulfide) groups is 1. The second-order valence-corrected chi connectivity index (χ2v) is 9.74. The number of aromatic nitrogens is 2. The van der Waals surface area contributed by atoms with Gasteiger partial charge in [0.1, 0.15) is 0 Å². The molecule has 3 rings (SSSR count). The molecule has 1 amide bonds. The number of benzene rings is 1. The van der Waals surface area contributed by atoms with Gasteiger partial charge >= 0.3 is 0 Å². The van der Waals surface area contributed by atoms with Crippen molar-refractivity contribution in [2.75, 3.05) is 13.1 Å². The third-order valence-electron chi connectivity index (χ3n) is 6.05. The summed E-state index contributed by atoms with van der Waals surface area (Å²) >= 11 is 1.43. The number of piperidine rings is 1. The normalized spacial score (nSPS) is 16.1. The van der Waals surface area contributed by atoms with Crippen LogP contribution in [0.25, 0.3) is 0 Å². The molecule has 32 heavy (non-hydrogen) atoms. The molecule has 1 saturated heterocycles. The fourth-order valence-corrected chi connectivity index (χ4v) is 5.11. The molecule has 1 aromatic heterocycles. The van der Waals surface area contributed by atoms with Crippen molar-refractivity contribution in [1.29, 1.82) is 0 Å². The molecule has 1 N–H and O–H groups in total. The fourth-order valence-electron chi connectivity index (χ4n) is 3.98. The maximum absolute atomic E-state index is 13.2. The van der Waals surface area contributed by atoms with E-state index in [-0.39, 0.29) is 22.8 Å². The van der Waals surface area contributed by atoms with Gasteiger partial charge in [-0.2, -0.15) is 0 Å². The number of carbonyl (C=O) groups excluding carboxylic acids is 1. The van der Waals surface area contributed by atoms with Crippen molar-refractivity contribution in [3.05, 3.63) is 58.0 Å². The van der Waals surface area contributed by atoms with E-state index in [4.69, 9.17) is 0 Å². The summed E-state index contributed by atoms with van der Waals surface area (Å²) in [6.45, 7) is 7.06. The smallest absolute Gasteiger partial charge is 0.254 e. The van der Waals surface area contributed by atoms with Gasteiger partial charge in [0.15, 0.2) is 5.16 Å². The van der Waals surface area contributed by atoms with E-state index in [2.05, 4.69) is 46.4 Å². The lowest BCUT2D eigenvalue weighted by atomic mass is 10.0. The minimum Gasteiger partial charge on any atom is -0.352 e. The number of nitrogens with one attached hydrogen (secondary N) is 1. The van der Waals surface area contributed by atoms with Crippen LogP contribution in [0.1, 0.15) is 57.2 Å². The maximum Gasteiger partial charge on any atom is 0.254 e. The fraction of sp³-hybridized carbons (Fsp3) is 0.560. The number of unbranched alkanes of at least 4 members (excludes halogenated alkanes) is 1. The first-order chi connectivity index (χ1) is 15.5. The molecule has 2 aromatic rings. The number of amides is 1. The number of hydrogen-bond acceptors (Lipinski definition) is 5.